The molecule has 838 valence electrons. The number of aliphatic hydroxyl groups is 5. The van der Waals surface area contributed by atoms with Gasteiger partial charge < -0.3 is 169 Å². The zero-order valence-corrected chi connectivity index (χ0v) is 87.9. The summed E-state index contributed by atoms with van der Waals surface area (Å²) >= 11 is 2.45. The lowest BCUT2D eigenvalue weighted by atomic mass is 9.98. The first-order valence-electron chi connectivity index (χ1n) is 48.5. The van der Waals surface area contributed by atoms with Gasteiger partial charge in [-0.15, -0.1) is 0 Å². The van der Waals surface area contributed by atoms with E-state index in [9.17, 15) is 142 Å². The van der Waals surface area contributed by atoms with Gasteiger partial charge in [0.25, 0.3) is 0 Å². The van der Waals surface area contributed by atoms with Crippen LogP contribution in [0.25, 0.3) is 0 Å². The van der Waals surface area contributed by atoms with E-state index in [1.807, 2.05) is 0 Å². The summed E-state index contributed by atoms with van der Waals surface area (Å²) in [5, 5.41) is 139. The lowest BCUT2D eigenvalue weighted by molar-refractivity contribution is -0.142. The molecule has 58 heteroatoms. The summed E-state index contributed by atoms with van der Waals surface area (Å²) in [4.78, 5) is 302. The Morgan fingerprint density at radius 2 is 0.747 bits per heavy atom. The third-order valence-corrected chi connectivity index (χ3v) is 24.4. The van der Waals surface area contributed by atoms with E-state index in [2.05, 4.69) is 126 Å². The average molecular weight is 2160 g/mol. The number of rotatable bonds is 69. The van der Waals surface area contributed by atoms with Gasteiger partial charge in [0.2, 0.25) is 112 Å². The molecule has 0 radical (unpaired) electrons. The zero-order chi connectivity index (χ0) is 113. The van der Waals surface area contributed by atoms with Crippen molar-refractivity contribution in [2.45, 2.75) is 288 Å². The number of nitrogens with zero attached hydrogens (tertiary/aromatic N) is 2. The lowest BCUT2D eigenvalue weighted by Gasteiger charge is -2.30. The Morgan fingerprint density at radius 3 is 1.19 bits per heavy atom. The van der Waals surface area contributed by atoms with Crippen molar-refractivity contribution in [2.24, 2.45) is 35.1 Å². The van der Waals surface area contributed by atoms with Crippen molar-refractivity contribution >= 4 is 154 Å². The standard InChI is InChI=1S/C92H149N27O29S2/c1-16-45(8)70(117-76(132)55(93)39-120)84(140)100-38-66(128)113-71(47(10)121)85(141)101-36-64(126)105-56(18-17-27-98-92(94)95)78(134)104-46(9)75(131)106-58(25-28-149-14)80(136)109-60(30-42(2)3)77(133)99-37-65(127)114-72(48(11)122)88(144)111-62(32-52-34-96-40-102-52)83(139)118-73(49(12)123)89(145)108-59(26-29-150-15)79(135)107-57(23-24-67(129)130)81(137)115-69(44(6)7)87(143)119-74(50(13)124)90(146)116-68(43(4)5)86(142)110-61(31-51-19-21-54(125)22-20-51)82(138)112-63(91(147)148)33-53-35-97-41-103-53/h19-22,34-35,40-50,55-63,68-74,120-125H,16-18,23-33,36-39,93H2,1-15H3,(H,96,102)(H,97,103)(H,99,133)(H,100,140)(H,101,141)(H,104,134)(H,105,126)(H,106,131)(H,107,135)(H,108,145)(H,109,136)(H,110,142)(H,111,144)(H,112,138)(H,113,128)(H,114,127)(H,115,137)(H,116,146)(H,117,132)(H,118,139)(H,119,143)(H,129,130)(H,147,148)(H4,94,95,98)/t45-,46-,47+,48+,49+,50+,55-,56-,57-,58-,59-,60-,61-,62-,63-,68-,69-,70-,71-,72-,73-,74-/m0/s1. The summed E-state index contributed by atoms with van der Waals surface area (Å²) in [6, 6.07) is -21.8. The predicted molar refractivity (Wildman–Crippen MR) is 542 cm³/mol. The number of amides is 19. The van der Waals surface area contributed by atoms with Crippen LogP contribution >= 0.6 is 23.5 Å². The number of hydrogen-bond acceptors (Lipinski definition) is 33. The maximum absolute atomic E-state index is 14.6. The molecule has 0 saturated carbocycles. The summed E-state index contributed by atoms with van der Waals surface area (Å²) in [7, 11) is 0. The second-order valence-electron chi connectivity index (χ2n) is 37.0. The highest BCUT2D eigenvalue weighted by Crippen LogP contribution is 2.18. The molecular weight excluding hydrogens is 2010 g/mol. The smallest absolute Gasteiger partial charge is 0.326 e. The zero-order valence-electron chi connectivity index (χ0n) is 86.3. The summed E-state index contributed by atoms with van der Waals surface area (Å²) in [6.45, 7) is 15.1. The van der Waals surface area contributed by atoms with Gasteiger partial charge in [-0.2, -0.15) is 23.5 Å². The van der Waals surface area contributed by atoms with Crippen LogP contribution in [-0.4, -0.2) is 375 Å². The molecule has 0 spiro atoms. The molecule has 150 heavy (non-hydrogen) atoms. The number of aromatic nitrogens is 4. The van der Waals surface area contributed by atoms with E-state index in [0.717, 1.165) is 27.7 Å². The average Bonchev–Trinajstić information content (AvgIpc) is 0.950. The lowest BCUT2D eigenvalue weighted by Crippen LogP contribution is -2.63. The van der Waals surface area contributed by atoms with Gasteiger partial charge in [0.05, 0.1) is 63.3 Å². The monoisotopic (exact) mass is 2160 g/mol. The highest BCUT2D eigenvalue weighted by atomic mass is 32.2. The Hall–Kier alpha value is -14.0. The van der Waals surface area contributed by atoms with Crippen LogP contribution in [0.1, 0.15) is 158 Å². The van der Waals surface area contributed by atoms with Crippen LogP contribution in [0, 0.1) is 29.1 Å². The van der Waals surface area contributed by atoms with Crippen molar-refractivity contribution in [1.29, 1.82) is 5.41 Å². The molecule has 0 fully saturated rings. The molecule has 3 rings (SSSR count). The normalized spacial score (nSPS) is 15.7. The second kappa shape index (κ2) is 66.5. The van der Waals surface area contributed by atoms with Crippen molar-refractivity contribution in [2.75, 3.05) is 56.8 Å². The number of nitrogens with two attached hydrogens (primary N) is 2. The molecular formula is C92H149N27O29S2. The van der Waals surface area contributed by atoms with Gasteiger partial charge in [0.1, 0.15) is 108 Å². The van der Waals surface area contributed by atoms with Gasteiger partial charge in [0, 0.05) is 56.0 Å². The van der Waals surface area contributed by atoms with E-state index in [0.29, 0.717) is 17.7 Å². The van der Waals surface area contributed by atoms with Crippen molar-refractivity contribution in [3.05, 3.63) is 66.3 Å². The Kier molecular flexibility index (Phi) is 57.7. The van der Waals surface area contributed by atoms with Crippen molar-refractivity contribution in [3.63, 3.8) is 0 Å². The van der Waals surface area contributed by atoms with Crippen molar-refractivity contribution in [3.8, 4) is 5.75 Å². The first kappa shape index (κ1) is 130. The Balaban J connectivity index is 1.80. The topological polar surface area (TPSA) is 894 Å². The molecule has 0 aliphatic heterocycles. The van der Waals surface area contributed by atoms with Crippen LogP contribution in [0.5, 0.6) is 5.75 Å². The van der Waals surface area contributed by atoms with Gasteiger partial charge >= 0.3 is 11.9 Å². The number of hydrogen-bond donors (Lipinski definition) is 33. The number of aliphatic carboxylic acids is 2. The molecule has 0 aliphatic carbocycles. The van der Waals surface area contributed by atoms with E-state index >= 15 is 0 Å². The number of aromatic hydroxyl groups is 1. The molecule has 0 unspecified atom stereocenters. The third-order valence-electron chi connectivity index (χ3n) is 23.1. The molecule has 35 N–H and O–H groups in total. The van der Waals surface area contributed by atoms with Crippen molar-refractivity contribution < 1.29 is 142 Å². The molecule has 2 heterocycles. The predicted octanol–water partition coefficient (Wildman–Crippen LogP) is -10.0. The van der Waals surface area contributed by atoms with E-state index in [-0.39, 0.29) is 80.4 Å². The quantitative estimate of drug-likeness (QED) is 0.0142. The first-order chi connectivity index (χ1) is 70.5. The number of aliphatic hydroxyl groups excluding tert-OH is 5. The fraction of sp³-hybridized carbons (Fsp3) is 0.630. The first-order valence-corrected chi connectivity index (χ1v) is 51.2. The molecule has 2 aromatic heterocycles. The molecule has 22 atom stereocenters. The number of benzene rings is 1. The molecule has 3 aromatic rings. The summed E-state index contributed by atoms with van der Waals surface area (Å²) < 4.78 is 0. The van der Waals surface area contributed by atoms with Crippen LogP contribution in [-0.2, 0) is 120 Å². The molecule has 19 amide bonds. The number of aromatic amines is 2. The number of H-pyrrole nitrogens is 2. The fourth-order valence-electron chi connectivity index (χ4n) is 14.3. The fourth-order valence-corrected chi connectivity index (χ4v) is 15.3. The van der Waals surface area contributed by atoms with Gasteiger partial charge in [0.15, 0.2) is 5.96 Å². The number of carbonyl (C=O) groups excluding carboxylic acids is 19. The molecule has 0 saturated heterocycles. The maximum Gasteiger partial charge on any atom is 0.326 e. The number of phenolic OH excluding ortho intramolecular Hbond substituents is 1. The molecule has 56 nitrogen and oxygen atoms in total. The van der Waals surface area contributed by atoms with Crippen LogP contribution in [0.15, 0.2) is 49.3 Å². The summed E-state index contributed by atoms with van der Waals surface area (Å²) in [6.07, 6.45) is -1.03. The highest BCUT2D eigenvalue weighted by molar-refractivity contribution is 7.98. The van der Waals surface area contributed by atoms with Gasteiger partial charge in [-0.3, -0.25) is 101 Å². The SMILES string of the molecule is CC[C@H](C)[C@H](NC(=O)[C@@H](N)CO)C(=O)NCC(=O)N[C@H](C(=O)NCC(=O)N[C@@H](CCCNC(=N)N)C(=O)N[C@@H](C)C(=O)N[C@@H](CCSC)C(=O)N[C@@H](CC(C)C)C(=O)NCC(=O)N[C@H](C(=O)N[C@@H](Cc1cnc[nH]1)C(=O)N[C@H](C(=O)N[C@@H](CCSC)C(=O)N[C@@H](CCC(=O)O)C(=O)N[C@H](C(=O)N[C@H](C(=O)N[C@H](C(=O)N[C@@H](Cc1ccc(O)cc1)C(=O)N[C@@H](Cc1cnc[nH]1)C(=O)O)C(C)C)[C@@H](C)O)C(C)C)[C@@H](C)O)[C@@H](C)O)[C@@H](C)O. The van der Waals surface area contributed by atoms with E-state index < -0.39 is 321 Å². The van der Waals surface area contributed by atoms with E-state index in [1.165, 1.54) is 107 Å². The van der Waals surface area contributed by atoms with Crippen LogP contribution in [0.2, 0.25) is 0 Å². The molecule has 0 aliphatic rings. The number of carboxylic acid groups (broad SMARTS) is 2. The largest absolute Gasteiger partial charge is 0.508 e. The summed E-state index contributed by atoms with van der Waals surface area (Å²) in [5.41, 5.74) is 11.9. The van der Waals surface area contributed by atoms with E-state index in [4.69, 9.17) is 16.9 Å². The number of guanidine groups is 1. The summed E-state index contributed by atoms with van der Waals surface area (Å²) in [5.74, 6) is -25.5. The molecule has 1 aromatic carbocycles. The van der Waals surface area contributed by atoms with Crippen LogP contribution in [0.4, 0.5) is 0 Å². The van der Waals surface area contributed by atoms with Crippen LogP contribution < -0.4 is 118 Å². The third kappa shape index (κ3) is 46.8. The Bertz CT molecular complexity index is 4980. The number of thioether (sulfide) groups is 2. The van der Waals surface area contributed by atoms with Crippen LogP contribution in [0.3, 0.4) is 0 Å². The Morgan fingerprint density at radius 1 is 0.393 bits per heavy atom. The number of phenols is 1. The number of carbonyl (C=O) groups is 21. The second-order valence-corrected chi connectivity index (χ2v) is 38.9. The molecule has 0 bridgehead atoms. The number of carboxylic acids is 2. The Labute approximate surface area is 874 Å². The number of imidazole rings is 2. The minimum absolute atomic E-state index is 0.0135. The number of nitrogens with one attached hydrogen (secondary N) is 23. The minimum Gasteiger partial charge on any atom is -0.508 e. The highest BCUT2D eigenvalue weighted by Gasteiger charge is 2.42. The van der Waals surface area contributed by atoms with E-state index in [1.54, 1.807) is 40.2 Å². The van der Waals surface area contributed by atoms with Gasteiger partial charge in [-0.1, -0.05) is 73.9 Å². The van der Waals surface area contributed by atoms with Gasteiger partial charge in [-0.25, -0.2) is 14.8 Å². The maximum atomic E-state index is 14.6. The minimum atomic E-state index is -2.00. The van der Waals surface area contributed by atoms with Gasteiger partial charge in [-0.05, 0) is 139 Å². The van der Waals surface area contributed by atoms with Crippen molar-refractivity contribution in [1.82, 2.24) is 126 Å².